The minimum Gasteiger partial charge on any atom is -0.468 e. The van der Waals surface area contributed by atoms with E-state index in [1.807, 2.05) is 18.2 Å². The predicted octanol–water partition coefficient (Wildman–Crippen LogP) is 3.71. The Morgan fingerprint density at radius 1 is 1.14 bits per heavy atom. The predicted molar refractivity (Wildman–Crippen MR) is 103 cm³/mol. The monoisotopic (exact) mass is 394 g/mol. The molecule has 28 heavy (non-hydrogen) atoms. The Kier molecular flexibility index (Phi) is 8.10. The van der Waals surface area contributed by atoms with Crippen molar-refractivity contribution >= 4 is 5.96 Å². The molecule has 2 rings (SSSR count). The number of alkyl halides is 3. The fourth-order valence-corrected chi connectivity index (χ4v) is 2.47. The van der Waals surface area contributed by atoms with Crippen LogP contribution in [0, 0.1) is 0 Å². The van der Waals surface area contributed by atoms with Gasteiger partial charge in [-0.15, -0.1) is 0 Å². The van der Waals surface area contributed by atoms with Crippen LogP contribution in [0.5, 0.6) is 5.88 Å². The Morgan fingerprint density at radius 3 is 2.50 bits per heavy atom. The Bertz CT molecular complexity index is 733. The van der Waals surface area contributed by atoms with E-state index in [1.54, 1.807) is 13.1 Å². The van der Waals surface area contributed by atoms with Crippen molar-refractivity contribution in [2.45, 2.75) is 38.5 Å². The third-order valence-corrected chi connectivity index (χ3v) is 3.96. The molecule has 1 heterocycles. The number of benzene rings is 1. The minimum absolute atomic E-state index is 0.0573. The van der Waals surface area contributed by atoms with Gasteiger partial charge in [-0.25, -0.2) is 4.98 Å². The van der Waals surface area contributed by atoms with Gasteiger partial charge < -0.3 is 15.4 Å². The molecule has 2 aromatic rings. The maximum absolute atomic E-state index is 12.1. The van der Waals surface area contributed by atoms with E-state index in [1.165, 1.54) is 17.8 Å². The number of aryl methyl sites for hydroxylation is 1. The lowest BCUT2D eigenvalue weighted by Gasteiger charge is -2.18. The van der Waals surface area contributed by atoms with Gasteiger partial charge in [0.15, 0.2) is 12.6 Å². The maximum atomic E-state index is 12.1. The molecular weight excluding hydrogens is 369 g/mol. The van der Waals surface area contributed by atoms with Crippen molar-refractivity contribution in [2.75, 3.05) is 13.7 Å². The van der Waals surface area contributed by atoms with Crippen LogP contribution in [0.25, 0.3) is 0 Å². The van der Waals surface area contributed by atoms with Crippen LogP contribution in [0.3, 0.4) is 0 Å². The number of aliphatic imine (C=N–C) groups is 1. The van der Waals surface area contributed by atoms with Crippen LogP contribution in [0.2, 0.25) is 0 Å². The Balaban J connectivity index is 1.75. The zero-order valence-corrected chi connectivity index (χ0v) is 16.0. The van der Waals surface area contributed by atoms with Crippen LogP contribution in [0.4, 0.5) is 13.2 Å². The number of hydrogen-bond donors (Lipinski definition) is 2. The number of guanidine groups is 1. The van der Waals surface area contributed by atoms with Crippen molar-refractivity contribution in [1.82, 2.24) is 15.6 Å². The van der Waals surface area contributed by atoms with Gasteiger partial charge in [-0.3, -0.25) is 4.99 Å². The summed E-state index contributed by atoms with van der Waals surface area (Å²) in [6.07, 6.45) is -0.977. The van der Waals surface area contributed by atoms with E-state index < -0.39 is 12.8 Å². The molecule has 0 radical (unpaired) electrons. The average Bonchev–Trinajstić information content (AvgIpc) is 2.69. The van der Waals surface area contributed by atoms with Crippen molar-refractivity contribution < 1.29 is 17.9 Å². The fourth-order valence-electron chi connectivity index (χ4n) is 2.47. The average molecular weight is 394 g/mol. The van der Waals surface area contributed by atoms with Gasteiger partial charge in [0.05, 0.1) is 0 Å². The first kappa shape index (κ1) is 21.5. The first-order chi connectivity index (χ1) is 13.4. The summed E-state index contributed by atoms with van der Waals surface area (Å²) in [6.45, 7) is 1.18. The van der Waals surface area contributed by atoms with E-state index in [9.17, 15) is 13.2 Å². The summed E-state index contributed by atoms with van der Waals surface area (Å²) in [4.78, 5) is 8.08. The minimum atomic E-state index is -4.38. The van der Waals surface area contributed by atoms with Crippen LogP contribution in [0.1, 0.15) is 24.5 Å². The molecule has 2 N–H and O–H groups in total. The largest absolute Gasteiger partial charge is 0.468 e. The van der Waals surface area contributed by atoms with Gasteiger partial charge in [-0.05, 0) is 30.9 Å². The highest BCUT2D eigenvalue weighted by Crippen LogP contribution is 2.17. The summed E-state index contributed by atoms with van der Waals surface area (Å²) < 4.78 is 41.0. The number of hydrogen-bond acceptors (Lipinski definition) is 3. The lowest BCUT2D eigenvalue weighted by Crippen LogP contribution is -2.42. The number of halogens is 3. The van der Waals surface area contributed by atoms with Crippen molar-refractivity contribution in [3.05, 3.63) is 59.8 Å². The van der Waals surface area contributed by atoms with Crippen molar-refractivity contribution in [3.63, 3.8) is 0 Å². The zero-order chi connectivity index (χ0) is 20.4. The molecule has 0 aliphatic rings. The second-order valence-corrected chi connectivity index (χ2v) is 6.40. The van der Waals surface area contributed by atoms with Crippen molar-refractivity contribution in [2.24, 2.45) is 4.99 Å². The number of rotatable bonds is 8. The number of aromatic nitrogens is 1. The first-order valence-electron chi connectivity index (χ1n) is 9.01. The van der Waals surface area contributed by atoms with Gasteiger partial charge in [-0.1, -0.05) is 36.4 Å². The molecular formula is C20H25F3N4O. The Hall–Kier alpha value is -2.77. The van der Waals surface area contributed by atoms with Gasteiger partial charge in [0.25, 0.3) is 0 Å². The molecule has 1 atom stereocenters. The summed E-state index contributed by atoms with van der Waals surface area (Å²) in [7, 11) is 1.69. The first-order valence-corrected chi connectivity index (χ1v) is 9.01. The highest BCUT2D eigenvalue weighted by Gasteiger charge is 2.28. The molecule has 0 saturated heterocycles. The third-order valence-electron chi connectivity index (χ3n) is 3.96. The number of ether oxygens (including phenoxy) is 1. The molecule has 0 aliphatic heterocycles. The molecule has 1 aromatic carbocycles. The van der Waals surface area contributed by atoms with Gasteiger partial charge >= 0.3 is 6.18 Å². The van der Waals surface area contributed by atoms with Gasteiger partial charge in [-0.2, -0.15) is 13.2 Å². The van der Waals surface area contributed by atoms with E-state index in [0.29, 0.717) is 12.5 Å². The van der Waals surface area contributed by atoms with Gasteiger partial charge in [0, 0.05) is 31.9 Å². The van der Waals surface area contributed by atoms with Crippen LogP contribution >= 0.6 is 0 Å². The molecule has 0 spiro atoms. The van der Waals surface area contributed by atoms with Crippen molar-refractivity contribution in [3.8, 4) is 5.88 Å². The smallest absolute Gasteiger partial charge is 0.422 e. The van der Waals surface area contributed by atoms with E-state index in [-0.39, 0.29) is 11.9 Å². The van der Waals surface area contributed by atoms with Crippen molar-refractivity contribution in [1.29, 1.82) is 0 Å². The maximum Gasteiger partial charge on any atom is 0.422 e. The van der Waals surface area contributed by atoms with Crippen LogP contribution < -0.4 is 15.4 Å². The molecule has 0 amide bonds. The SMILES string of the molecule is CN=C(NCc1ccc(OCC(F)(F)F)nc1)NC(C)CCc1ccccc1. The normalized spacial score (nSPS) is 13.1. The number of pyridine rings is 1. The quantitative estimate of drug-likeness (QED) is 0.529. The van der Waals surface area contributed by atoms with Crippen LogP contribution in [-0.2, 0) is 13.0 Å². The lowest BCUT2D eigenvalue weighted by molar-refractivity contribution is -0.154. The second kappa shape index (κ2) is 10.5. The molecule has 152 valence electrons. The molecule has 0 bridgehead atoms. The van der Waals surface area contributed by atoms with E-state index in [0.717, 1.165) is 18.4 Å². The summed E-state index contributed by atoms with van der Waals surface area (Å²) in [5, 5.41) is 6.49. The number of nitrogens with zero attached hydrogens (tertiary/aromatic N) is 2. The summed E-state index contributed by atoms with van der Waals surface area (Å²) >= 11 is 0. The van der Waals surface area contributed by atoms with E-state index >= 15 is 0 Å². The topological polar surface area (TPSA) is 58.5 Å². The second-order valence-electron chi connectivity index (χ2n) is 6.40. The Labute approximate surface area is 163 Å². The number of nitrogens with one attached hydrogen (secondary N) is 2. The van der Waals surface area contributed by atoms with Crippen LogP contribution in [0.15, 0.2) is 53.7 Å². The third kappa shape index (κ3) is 8.28. The van der Waals surface area contributed by atoms with E-state index in [2.05, 4.69) is 44.4 Å². The molecule has 0 saturated carbocycles. The zero-order valence-electron chi connectivity index (χ0n) is 16.0. The highest BCUT2D eigenvalue weighted by molar-refractivity contribution is 5.79. The molecule has 0 aliphatic carbocycles. The van der Waals surface area contributed by atoms with Gasteiger partial charge in [0.1, 0.15) is 0 Å². The molecule has 8 heteroatoms. The molecule has 1 unspecified atom stereocenters. The summed E-state index contributed by atoms with van der Waals surface area (Å²) in [5.41, 5.74) is 2.09. The summed E-state index contributed by atoms with van der Waals surface area (Å²) in [5.74, 6) is 0.594. The van der Waals surface area contributed by atoms with E-state index in [4.69, 9.17) is 0 Å². The molecule has 0 fully saturated rings. The van der Waals surface area contributed by atoms with Gasteiger partial charge in [0.2, 0.25) is 5.88 Å². The lowest BCUT2D eigenvalue weighted by atomic mass is 10.1. The highest BCUT2D eigenvalue weighted by atomic mass is 19.4. The Morgan fingerprint density at radius 2 is 1.89 bits per heavy atom. The standard InChI is InChI=1S/C20H25F3N4O/c1-15(8-9-16-6-4-3-5-7-16)27-19(24-2)26-13-17-10-11-18(25-12-17)28-14-20(21,22)23/h3-7,10-12,15H,8-9,13-14H2,1-2H3,(H2,24,26,27). The molecule has 1 aromatic heterocycles. The molecule has 5 nitrogen and oxygen atoms in total. The summed E-state index contributed by atoms with van der Waals surface area (Å²) in [6, 6.07) is 13.6. The van der Waals surface area contributed by atoms with Crippen LogP contribution in [-0.4, -0.2) is 36.8 Å². The fraction of sp³-hybridized carbons (Fsp3) is 0.400.